The number of nitrogens with zero attached hydrogens (tertiary/aromatic N) is 2. The molecule has 1 saturated heterocycles. The largest absolute Gasteiger partial charge is 0.497 e. The van der Waals surface area contributed by atoms with Crippen molar-refractivity contribution >= 4 is 11.7 Å². The van der Waals surface area contributed by atoms with E-state index in [0.717, 1.165) is 36.3 Å². The van der Waals surface area contributed by atoms with E-state index in [1.54, 1.807) is 19.2 Å². The molecule has 1 aliphatic rings. The van der Waals surface area contributed by atoms with Gasteiger partial charge in [0.2, 0.25) is 0 Å². The lowest BCUT2D eigenvalue weighted by Crippen LogP contribution is -2.34. The summed E-state index contributed by atoms with van der Waals surface area (Å²) in [5, 5.41) is 12.0. The molecule has 0 saturated carbocycles. The first-order valence-corrected chi connectivity index (χ1v) is 8.34. The zero-order valence-corrected chi connectivity index (χ0v) is 14.5. The van der Waals surface area contributed by atoms with Crippen molar-refractivity contribution in [2.45, 2.75) is 25.8 Å². The van der Waals surface area contributed by atoms with Crippen LogP contribution < -0.4 is 10.1 Å². The Balaban J connectivity index is 1.78. The number of anilines is 1. The molecule has 1 fully saturated rings. The van der Waals surface area contributed by atoms with E-state index in [9.17, 15) is 4.79 Å². The Morgan fingerprint density at radius 1 is 1.28 bits per heavy atom. The summed E-state index contributed by atoms with van der Waals surface area (Å²) in [6.45, 7) is 2.64. The number of carbonyl (C=O) groups is 1. The molecular weight excluding hydrogens is 314 g/mol. The van der Waals surface area contributed by atoms with E-state index in [4.69, 9.17) is 10.00 Å². The van der Waals surface area contributed by atoms with Crippen LogP contribution in [-0.2, 0) is 0 Å². The number of likely N-dealkylation sites (tertiary alicyclic amines) is 1. The second-order valence-electron chi connectivity index (χ2n) is 6.20. The molecular formula is C20H21N3O2. The first-order chi connectivity index (χ1) is 12.1. The molecule has 0 radical (unpaired) electrons. The zero-order valence-electron chi connectivity index (χ0n) is 14.5. The van der Waals surface area contributed by atoms with Gasteiger partial charge in [-0.25, -0.2) is 4.79 Å². The van der Waals surface area contributed by atoms with Crippen LogP contribution in [-0.4, -0.2) is 24.6 Å². The Labute approximate surface area is 147 Å². The molecule has 2 aromatic rings. The Kier molecular flexibility index (Phi) is 4.90. The number of hydrogen-bond donors (Lipinski definition) is 1. The molecule has 1 atom stereocenters. The van der Waals surface area contributed by atoms with E-state index in [2.05, 4.69) is 11.4 Å². The molecule has 0 spiro atoms. The second kappa shape index (κ2) is 7.27. The van der Waals surface area contributed by atoms with Gasteiger partial charge in [0.15, 0.2) is 0 Å². The van der Waals surface area contributed by atoms with Crippen LogP contribution in [0.4, 0.5) is 10.5 Å². The molecule has 5 heteroatoms. The SMILES string of the molecule is COc1ccc([C@H]2CCCN2C(=O)Nc2cc(C#N)ccc2C)cc1. The number of ether oxygens (including phenoxy) is 1. The molecule has 128 valence electrons. The number of hydrogen-bond acceptors (Lipinski definition) is 3. The maximum Gasteiger partial charge on any atom is 0.322 e. The van der Waals surface area contributed by atoms with Gasteiger partial charge in [-0.3, -0.25) is 0 Å². The molecule has 0 unspecified atom stereocenters. The number of nitriles is 1. The van der Waals surface area contributed by atoms with Crippen LogP contribution in [0, 0.1) is 18.3 Å². The number of amides is 2. The Hall–Kier alpha value is -3.00. The van der Waals surface area contributed by atoms with Gasteiger partial charge in [-0.15, -0.1) is 0 Å². The quantitative estimate of drug-likeness (QED) is 0.912. The van der Waals surface area contributed by atoms with E-state index >= 15 is 0 Å². The summed E-state index contributed by atoms with van der Waals surface area (Å²) in [5.74, 6) is 0.807. The lowest BCUT2D eigenvalue weighted by atomic mass is 10.0. The summed E-state index contributed by atoms with van der Waals surface area (Å²) < 4.78 is 5.20. The van der Waals surface area contributed by atoms with Gasteiger partial charge in [0, 0.05) is 12.2 Å². The summed E-state index contributed by atoms with van der Waals surface area (Å²) in [5.41, 5.74) is 3.27. The first kappa shape index (κ1) is 16.8. The van der Waals surface area contributed by atoms with E-state index in [1.807, 2.05) is 42.2 Å². The van der Waals surface area contributed by atoms with Gasteiger partial charge in [-0.2, -0.15) is 5.26 Å². The van der Waals surface area contributed by atoms with Crippen LogP contribution >= 0.6 is 0 Å². The van der Waals surface area contributed by atoms with E-state index in [1.165, 1.54) is 0 Å². The van der Waals surface area contributed by atoms with E-state index in [0.29, 0.717) is 11.3 Å². The fourth-order valence-corrected chi connectivity index (χ4v) is 3.20. The van der Waals surface area contributed by atoms with Gasteiger partial charge in [0.05, 0.1) is 24.8 Å². The normalized spacial score (nSPS) is 16.4. The van der Waals surface area contributed by atoms with Gasteiger partial charge >= 0.3 is 6.03 Å². The van der Waals surface area contributed by atoms with Crippen molar-refractivity contribution in [3.63, 3.8) is 0 Å². The van der Waals surface area contributed by atoms with Gasteiger partial charge < -0.3 is 15.0 Å². The molecule has 0 bridgehead atoms. The van der Waals surface area contributed by atoms with Crippen molar-refractivity contribution in [3.8, 4) is 11.8 Å². The van der Waals surface area contributed by atoms with Crippen molar-refractivity contribution in [1.29, 1.82) is 5.26 Å². The third-order valence-corrected chi connectivity index (χ3v) is 4.62. The lowest BCUT2D eigenvalue weighted by molar-refractivity contribution is 0.207. The number of carbonyl (C=O) groups excluding carboxylic acids is 1. The van der Waals surface area contributed by atoms with Crippen molar-refractivity contribution in [2.24, 2.45) is 0 Å². The number of urea groups is 1. The molecule has 3 rings (SSSR count). The Morgan fingerprint density at radius 3 is 2.72 bits per heavy atom. The number of rotatable bonds is 3. The highest BCUT2D eigenvalue weighted by Crippen LogP contribution is 2.33. The third-order valence-electron chi connectivity index (χ3n) is 4.62. The van der Waals surface area contributed by atoms with Gasteiger partial charge in [-0.05, 0) is 55.2 Å². The molecule has 1 N–H and O–H groups in total. The topological polar surface area (TPSA) is 65.4 Å². The summed E-state index contributed by atoms with van der Waals surface area (Å²) in [6, 6.07) is 15.2. The lowest BCUT2D eigenvalue weighted by Gasteiger charge is -2.26. The van der Waals surface area contributed by atoms with Crippen LogP contribution in [0.15, 0.2) is 42.5 Å². The first-order valence-electron chi connectivity index (χ1n) is 8.34. The molecule has 5 nitrogen and oxygen atoms in total. The standard InChI is InChI=1S/C20H21N3O2/c1-14-5-6-15(13-21)12-18(14)22-20(24)23-11-3-4-19(23)16-7-9-17(25-2)10-8-16/h5-10,12,19H,3-4,11H2,1-2H3,(H,22,24)/t19-/m1/s1. The number of aryl methyl sites for hydroxylation is 1. The number of nitrogens with one attached hydrogen (secondary N) is 1. The predicted molar refractivity (Wildman–Crippen MR) is 96.6 cm³/mol. The average molecular weight is 335 g/mol. The van der Waals surface area contributed by atoms with Crippen LogP contribution in [0.2, 0.25) is 0 Å². The van der Waals surface area contributed by atoms with Crippen molar-refractivity contribution in [2.75, 3.05) is 19.0 Å². The van der Waals surface area contributed by atoms with Gasteiger partial charge in [0.1, 0.15) is 5.75 Å². The summed E-state index contributed by atoms with van der Waals surface area (Å²) in [6.07, 6.45) is 1.91. The molecule has 1 aliphatic heterocycles. The maximum atomic E-state index is 12.8. The zero-order chi connectivity index (χ0) is 17.8. The Bertz CT molecular complexity index is 809. The molecule has 2 amide bonds. The fraction of sp³-hybridized carbons (Fsp3) is 0.300. The Morgan fingerprint density at radius 2 is 2.04 bits per heavy atom. The highest BCUT2D eigenvalue weighted by atomic mass is 16.5. The molecule has 25 heavy (non-hydrogen) atoms. The van der Waals surface area contributed by atoms with E-state index in [-0.39, 0.29) is 12.1 Å². The number of methoxy groups -OCH3 is 1. The van der Waals surface area contributed by atoms with Crippen molar-refractivity contribution in [1.82, 2.24) is 4.90 Å². The smallest absolute Gasteiger partial charge is 0.322 e. The summed E-state index contributed by atoms with van der Waals surface area (Å²) >= 11 is 0. The fourth-order valence-electron chi connectivity index (χ4n) is 3.20. The summed E-state index contributed by atoms with van der Waals surface area (Å²) in [7, 11) is 1.64. The molecule has 0 aliphatic carbocycles. The van der Waals surface area contributed by atoms with Crippen molar-refractivity contribution in [3.05, 3.63) is 59.2 Å². The highest BCUT2D eigenvalue weighted by molar-refractivity contribution is 5.90. The molecule has 1 heterocycles. The monoisotopic (exact) mass is 335 g/mol. The van der Waals surface area contributed by atoms with E-state index < -0.39 is 0 Å². The summed E-state index contributed by atoms with van der Waals surface area (Å²) in [4.78, 5) is 14.6. The number of benzene rings is 2. The van der Waals surface area contributed by atoms with Crippen LogP contribution in [0.5, 0.6) is 5.75 Å². The highest BCUT2D eigenvalue weighted by Gasteiger charge is 2.30. The minimum absolute atomic E-state index is 0.0605. The van der Waals surface area contributed by atoms with Gasteiger partial charge in [0.25, 0.3) is 0 Å². The predicted octanol–water partition coefficient (Wildman–Crippen LogP) is 4.24. The minimum Gasteiger partial charge on any atom is -0.497 e. The average Bonchev–Trinajstić information content (AvgIpc) is 3.13. The second-order valence-corrected chi connectivity index (χ2v) is 6.20. The maximum absolute atomic E-state index is 12.8. The third kappa shape index (κ3) is 3.58. The van der Waals surface area contributed by atoms with Crippen LogP contribution in [0.1, 0.15) is 35.6 Å². The van der Waals surface area contributed by atoms with Crippen molar-refractivity contribution < 1.29 is 9.53 Å². The van der Waals surface area contributed by atoms with Crippen LogP contribution in [0.25, 0.3) is 0 Å². The van der Waals surface area contributed by atoms with Gasteiger partial charge in [-0.1, -0.05) is 18.2 Å². The van der Waals surface area contributed by atoms with Crippen LogP contribution in [0.3, 0.4) is 0 Å². The molecule has 0 aromatic heterocycles. The molecule has 2 aromatic carbocycles. The minimum atomic E-state index is -0.128.